The van der Waals surface area contributed by atoms with Crippen molar-refractivity contribution < 1.29 is 13.5 Å². The summed E-state index contributed by atoms with van der Waals surface area (Å²) >= 11 is 5.92. The molecule has 0 amide bonds. The van der Waals surface area contributed by atoms with Crippen LogP contribution >= 0.6 is 11.6 Å². The van der Waals surface area contributed by atoms with E-state index in [1.807, 2.05) is 0 Å². The normalized spacial score (nSPS) is 29.5. The molecule has 30 heavy (non-hydrogen) atoms. The molecule has 0 bridgehead atoms. The molecule has 3 saturated heterocycles. The summed E-state index contributed by atoms with van der Waals surface area (Å²) in [5, 5.41) is 0.311. The predicted octanol–water partition coefficient (Wildman–Crippen LogP) is 4.01. The third-order valence-electron chi connectivity index (χ3n) is 6.79. The molecule has 2 aromatic heterocycles. The number of alkyl halides is 1. The Hall–Kier alpha value is -1.80. The molecule has 0 aromatic carbocycles. The molecule has 5 rings (SSSR count). The van der Waals surface area contributed by atoms with Crippen LogP contribution < -0.4 is 9.64 Å². The largest absolute Gasteiger partial charge is 0.461 e. The molecule has 0 N–H and O–H groups in total. The van der Waals surface area contributed by atoms with Gasteiger partial charge in [0, 0.05) is 32.3 Å². The zero-order valence-corrected chi connectivity index (χ0v) is 17.8. The van der Waals surface area contributed by atoms with E-state index < -0.39 is 12.0 Å². The number of anilines is 1. The fraction of sp³-hybridized carbons (Fsp3) is 0.667. The van der Waals surface area contributed by atoms with E-state index in [2.05, 4.69) is 31.7 Å². The molecule has 0 aliphatic carbocycles. The molecule has 3 aliphatic heterocycles. The van der Waals surface area contributed by atoms with Gasteiger partial charge in [0.25, 0.3) is 0 Å². The second-order valence-electron chi connectivity index (χ2n) is 9.01. The maximum Gasteiger partial charge on any atom is 0.319 e. The van der Waals surface area contributed by atoms with Gasteiger partial charge in [-0.15, -0.1) is 0 Å². The maximum absolute atomic E-state index is 14.8. The summed E-state index contributed by atoms with van der Waals surface area (Å²) in [6.45, 7) is 5.50. The number of piperidine rings is 1. The van der Waals surface area contributed by atoms with E-state index in [9.17, 15) is 8.78 Å². The van der Waals surface area contributed by atoms with Crippen molar-refractivity contribution in [1.29, 1.82) is 0 Å². The van der Waals surface area contributed by atoms with Crippen molar-refractivity contribution in [2.45, 2.75) is 50.7 Å². The van der Waals surface area contributed by atoms with Gasteiger partial charge >= 0.3 is 6.01 Å². The van der Waals surface area contributed by atoms with Crippen LogP contribution in [0, 0.1) is 11.7 Å². The smallest absolute Gasteiger partial charge is 0.319 e. The van der Waals surface area contributed by atoms with Crippen LogP contribution in [0.5, 0.6) is 6.01 Å². The lowest BCUT2D eigenvalue weighted by Gasteiger charge is -2.33. The van der Waals surface area contributed by atoms with E-state index in [4.69, 9.17) is 16.3 Å². The number of hydrogen-bond donors (Lipinski definition) is 0. The highest BCUT2D eigenvalue weighted by Gasteiger charge is 2.49. The van der Waals surface area contributed by atoms with Crippen molar-refractivity contribution in [3.8, 4) is 6.01 Å². The highest BCUT2D eigenvalue weighted by Crippen LogP contribution is 2.40. The van der Waals surface area contributed by atoms with Crippen LogP contribution in [-0.2, 0) is 0 Å². The average Bonchev–Trinajstić information content (AvgIpc) is 3.24. The molecule has 3 fully saturated rings. The fourth-order valence-electron chi connectivity index (χ4n) is 5.33. The molecule has 3 aliphatic rings. The number of halogens is 3. The van der Waals surface area contributed by atoms with E-state index in [1.54, 1.807) is 0 Å². The van der Waals surface area contributed by atoms with E-state index in [-0.39, 0.29) is 22.2 Å². The van der Waals surface area contributed by atoms with Gasteiger partial charge in [-0.1, -0.05) is 18.5 Å². The molecular formula is C21H26ClF2N5O. The van der Waals surface area contributed by atoms with Gasteiger partial charge < -0.3 is 9.64 Å². The second-order valence-corrected chi connectivity index (χ2v) is 9.37. The van der Waals surface area contributed by atoms with Gasteiger partial charge in [0.1, 0.15) is 24.1 Å². The topological polar surface area (TPSA) is 54.4 Å². The maximum atomic E-state index is 14.8. The van der Waals surface area contributed by atoms with E-state index in [1.165, 1.54) is 6.20 Å². The summed E-state index contributed by atoms with van der Waals surface area (Å²) in [5.41, 5.74) is -0.199. The Bertz CT molecular complexity index is 963. The molecule has 0 spiro atoms. The van der Waals surface area contributed by atoms with Crippen molar-refractivity contribution in [2.24, 2.45) is 5.92 Å². The second kappa shape index (κ2) is 7.71. The standard InChI is InChI=1S/C21H26ClF2N5O/c1-13-4-2-6-28(10-13)19-15-9-25-18(22)16(24)17(15)26-20(27-19)30-12-21-5-3-7-29(21)11-14(23)8-21/h9,13-14H,2-8,10-12H2,1H3/t13-,14-,21+/m1/s1. The van der Waals surface area contributed by atoms with Crippen molar-refractivity contribution >= 4 is 28.3 Å². The third-order valence-corrected chi connectivity index (χ3v) is 7.05. The Labute approximate surface area is 179 Å². The number of fused-ring (bicyclic) bond motifs is 2. The minimum atomic E-state index is -0.834. The average molecular weight is 438 g/mol. The molecule has 0 radical (unpaired) electrons. The predicted molar refractivity (Wildman–Crippen MR) is 111 cm³/mol. The van der Waals surface area contributed by atoms with Gasteiger partial charge in [-0.3, -0.25) is 4.90 Å². The summed E-state index contributed by atoms with van der Waals surface area (Å²) in [6, 6.07) is 0.112. The fourth-order valence-corrected chi connectivity index (χ4v) is 5.47. The summed E-state index contributed by atoms with van der Waals surface area (Å²) in [6.07, 6.45) is 5.27. The molecule has 162 valence electrons. The zero-order valence-electron chi connectivity index (χ0n) is 17.1. The van der Waals surface area contributed by atoms with E-state index in [0.717, 1.165) is 45.3 Å². The molecule has 3 atom stereocenters. The van der Waals surface area contributed by atoms with Gasteiger partial charge in [-0.05, 0) is 38.1 Å². The lowest BCUT2D eigenvalue weighted by Crippen LogP contribution is -2.43. The molecule has 9 heteroatoms. The molecule has 0 unspecified atom stereocenters. The van der Waals surface area contributed by atoms with Crippen LogP contribution in [-0.4, -0.2) is 64.3 Å². The van der Waals surface area contributed by atoms with Gasteiger partial charge in [-0.25, -0.2) is 13.8 Å². The van der Waals surface area contributed by atoms with Crippen LogP contribution in [0.2, 0.25) is 5.15 Å². The Kier molecular flexibility index (Phi) is 5.17. The number of aromatic nitrogens is 3. The summed E-state index contributed by atoms with van der Waals surface area (Å²) in [7, 11) is 0. The molecule has 6 nitrogen and oxygen atoms in total. The van der Waals surface area contributed by atoms with Crippen molar-refractivity contribution in [1.82, 2.24) is 19.9 Å². The number of ether oxygens (including phenoxy) is 1. The Morgan fingerprint density at radius 1 is 1.27 bits per heavy atom. The van der Waals surface area contributed by atoms with Crippen LogP contribution in [0.1, 0.15) is 39.0 Å². The third kappa shape index (κ3) is 3.47. The first-order valence-corrected chi connectivity index (χ1v) is 11.1. The number of rotatable bonds is 4. The van der Waals surface area contributed by atoms with Crippen molar-refractivity contribution in [3.05, 3.63) is 17.2 Å². The highest BCUT2D eigenvalue weighted by atomic mass is 35.5. The van der Waals surface area contributed by atoms with Gasteiger partial charge in [-0.2, -0.15) is 9.97 Å². The first-order valence-electron chi connectivity index (χ1n) is 10.7. The van der Waals surface area contributed by atoms with Crippen LogP contribution in [0.4, 0.5) is 14.6 Å². The van der Waals surface area contributed by atoms with Crippen LogP contribution in [0.25, 0.3) is 10.9 Å². The Morgan fingerprint density at radius 2 is 2.13 bits per heavy atom. The minimum Gasteiger partial charge on any atom is -0.461 e. The Balaban J connectivity index is 1.50. The highest BCUT2D eigenvalue weighted by molar-refractivity contribution is 6.30. The summed E-state index contributed by atoms with van der Waals surface area (Å²) < 4.78 is 34.9. The lowest BCUT2D eigenvalue weighted by molar-refractivity contribution is 0.107. The molecule has 5 heterocycles. The summed E-state index contributed by atoms with van der Waals surface area (Å²) in [4.78, 5) is 17.3. The van der Waals surface area contributed by atoms with Gasteiger partial charge in [0.05, 0.1) is 10.9 Å². The van der Waals surface area contributed by atoms with Crippen LogP contribution in [0.15, 0.2) is 6.20 Å². The first-order chi connectivity index (χ1) is 14.4. The SMILES string of the molecule is C[C@@H]1CCCN(c2nc(OC[C@@]34CCCN3C[C@H](F)C4)nc3c(F)c(Cl)ncc23)C1. The summed E-state index contributed by atoms with van der Waals surface area (Å²) in [5.74, 6) is 0.474. The van der Waals surface area contributed by atoms with Crippen molar-refractivity contribution in [3.63, 3.8) is 0 Å². The molecule has 0 saturated carbocycles. The first kappa shape index (κ1) is 20.1. The lowest BCUT2D eigenvalue weighted by atomic mass is 9.95. The monoisotopic (exact) mass is 437 g/mol. The van der Waals surface area contributed by atoms with E-state index in [0.29, 0.717) is 36.7 Å². The van der Waals surface area contributed by atoms with E-state index >= 15 is 0 Å². The molecule has 2 aromatic rings. The van der Waals surface area contributed by atoms with Crippen molar-refractivity contribution in [2.75, 3.05) is 37.7 Å². The van der Waals surface area contributed by atoms with Gasteiger partial charge in [0.2, 0.25) is 0 Å². The van der Waals surface area contributed by atoms with Crippen LogP contribution in [0.3, 0.4) is 0 Å². The molecular weight excluding hydrogens is 412 g/mol. The minimum absolute atomic E-state index is 0.112. The number of nitrogens with zero attached hydrogens (tertiary/aromatic N) is 5. The number of pyridine rings is 1. The quantitative estimate of drug-likeness (QED) is 0.674. The van der Waals surface area contributed by atoms with Gasteiger partial charge in [0.15, 0.2) is 11.0 Å². The Morgan fingerprint density at radius 3 is 2.97 bits per heavy atom. The zero-order chi connectivity index (χ0) is 20.9. The number of hydrogen-bond acceptors (Lipinski definition) is 6.